The van der Waals surface area contributed by atoms with E-state index in [1.54, 1.807) is 7.11 Å². The minimum Gasteiger partial charge on any atom is -0.378 e. The third kappa shape index (κ3) is 4.18. The average molecular weight is 311 g/mol. The minimum atomic E-state index is 0.383. The maximum absolute atomic E-state index is 5.30. The van der Waals surface area contributed by atoms with E-state index in [0.717, 1.165) is 37.8 Å². The lowest BCUT2D eigenvalue weighted by molar-refractivity contribution is 0.181. The van der Waals surface area contributed by atoms with Crippen molar-refractivity contribution in [1.82, 2.24) is 10.3 Å². The third-order valence-corrected chi connectivity index (χ3v) is 5.43. The van der Waals surface area contributed by atoms with Crippen molar-refractivity contribution in [2.75, 3.05) is 31.6 Å². The minimum absolute atomic E-state index is 0.383. The smallest absolute Gasteiger partial charge is 0.185 e. The first-order valence-corrected chi connectivity index (χ1v) is 8.70. The predicted molar refractivity (Wildman–Crippen MR) is 90.0 cm³/mol. The molecule has 0 spiro atoms. The zero-order valence-electron chi connectivity index (χ0n) is 14.0. The van der Waals surface area contributed by atoms with Gasteiger partial charge in [0.05, 0.1) is 12.3 Å². The van der Waals surface area contributed by atoms with Crippen LogP contribution in [0, 0.1) is 11.3 Å². The van der Waals surface area contributed by atoms with Crippen molar-refractivity contribution >= 4 is 16.5 Å². The first-order chi connectivity index (χ1) is 9.95. The molecule has 0 saturated carbocycles. The van der Waals surface area contributed by atoms with E-state index in [1.807, 2.05) is 11.3 Å². The summed E-state index contributed by atoms with van der Waals surface area (Å²) in [5.74, 6) is 0.754. The summed E-state index contributed by atoms with van der Waals surface area (Å²) in [5, 5.41) is 4.56. The van der Waals surface area contributed by atoms with Crippen LogP contribution >= 0.6 is 11.3 Å². The van der Waals surface area contributed by atoms with Gasteiger partial charge in [0.15, 0.2) is 5.13 Å². The van der Waals surface area contributed by atoms with Crippen LogP contribution in [0.25, 0.3) is 0 Å². The van der Waals surface area contributed by atoms with Crippen LogP contribution in [-0.2, 0) is 17.9 Å². The van der Waals surface area contributed by atoms with Gasteiger partial charge in [-0.05, 0) is 24.3 Å². The van der Waals surface area contributed by atoms with E-state index in [4.69, 9.17) is 9.72 Å². The zero-order chi connectivity index (χ0) is 15.5. The molecule has 1 aromatic heterocycles. The van der Waals surface area contributed by atoms with Gasteiger partial charge in [-0.3, -0.25) is 0 Å². The number of methoxy groups -OCH3 is 1. The summed E-state index contributed by atoms with van der Waals surface area (Å²) < 4.78 is 5.30. The summed E-state index contributed by atoms with van der Waals surface area (Å²) in [6.07, 6.45) is 1.27. The molecule has 1 aromatic rings. The number of nitrogens with one attached hydrogen (secondary N) is 1. The van der Waals surface area contributed by atoms with Crippen molar-refractivity contribution in [2.45, 2.75) is 47.3 Å². The SMILES string of the molecule is CCNCc1sc(N2CCC(C(C)(C)C)C2)nc1COC. The Kier molecular flexibility index (Phi) is 5.63. The molecule has 5 heteroatoms. The second-order valence-electron chi connectivity index (χ2n) is 6.88. The van der Waals surface area contributed by atoms with Crippen LogP contribution in [0.1, 0.15) is 44.7 Å². The van der Waals surface area contributed by atoms with E-state index in [1.165, 1.54) is 16.4 Å². The largest absolute Gasteiger partial charge is 0.378 e. The number of hydrogen-bond donors (Lipinski definition) is 1. The predicted octanol–water partition coefficient (Wildman–Crippen LogP) is 3.27. The highest BCUT2D eigenvalue weighted by Gasteiger charge is 2.33. The molecule has 0 aromatic carbocycles. The normalized spacial score (nSPS) is 19.5. The molecule has 4 nitrogen and oxygen atoms in total. The molecule has 0 aliphatic carbocycles. The Labute approximate surface area is 132 Å². The van der Waals surface area contributed by atoms with Gasteiger partial charge in [0.2, 0.25) is 0 Å². The fraction of sp³-hybridized carbons (Fsp3) is 0.812. The highest BCUT2D eigenvalue weighted by atomic mass is 32.1. The number of rotatable bonds is 6. The molecular weight excluding hydrogens is 282 g/mol. The number of ether oxygens (including phenoxy) is 1. The van der Waals surface area contributed by atoms with Crippen LogP contribution < -0.4 is 10.2 Å². The molecule has 2 heterocycles. The number of anilines is 1. The van der Waals surface area contributed by atoms with Crippen LogP contribution in [0.4, 0.5) is 5.13 Å². The quantitative estimate of drug-likeness (QED) is 0.875. The van der Waals surface area contributed by atoms with Crippen LogP contribution in [0.15, 0.2) is 0 Å². The number of hydrogen-bond acceptors (Lipinski definition) is 5. The van der Waals surface area contributed by atoms with Crippen LogP contribution in [0.2, 0.25) is 0 Å². The van der Waals surface area contributed by atoms with Gasteiger partial charge in [-0.2, -0.15) is 0 Å². The van der Waals surface area contributed by atoms with Gasteiger partial charge < -0.3 is 15.0 Å². The Bertz CT molecular complexity index is 453. The Balaban J connectivity index is 2.10. The molecule has 21 heavy (non-hydrogen) atoms. The molecule has 0 radical (unpaired) electrons. The summed E-state index contributed by atoms with van der Waals surface area (Å²) in [5.41, 5.74) is 1.48. The van der Waals surface area contributed by atoms with Crippen molar-refractivity contribution < 1.29 is 4.74 Å². The van der Waals surface area contributed by atoms with Crippen LogP contribution in [-0.4, -0.2) is 31.7 Å². The van der Waals surface area contributed by atoms with E-state index in [2.05, 4.69) is 37.9 Å². The fourth-order valence-electron chi connectivity index (χ4n) is 2.77. The Morgan fingerprint density at radius 1 is 1.43 bits per heavy atom. The van der Waals surface area contributed by atoms with Gasteiger partial charge in [-0.1, -0.05) is 27.7 Å². The summed E-state index contributed by atoms with van der Waals surface area (Å²) >= 11 is 1.82. The summed E-state index contributed by atoms with van der Waals surface area (Å²) in [4.78, 5) is 8.60. The summed E-state index contributed by atoms with van der Waals surface area (Å²) in [6, 6.07) is 0. The lowest BCUT2D eigenvalue weighted by Crippen LogP contribution is -2.25. The van der Waals surface area contributed by atoms with Gasteiger partial charge in [0, 0.05) is 31.6 Å². The lowest BCUT2D eigenvalue weighted by Gasteiger charge is -2.26. The molecule has 1 unspecified atom stereocenters. The molecule has 1 aliphatic rings. The Morgan fingerprint density at radius 2 is 2.19 bits per heavy atom. The Morgan fingerprint density at radius 3 is 2.76 bits per heavy atom. The van der Waals surface area contributed by atoms with Gasteiger partial charge in [-0.25, -0.2) is 4.98 Å². The number of thiazole rings is 1. The van der Waals surface area contributed by atoms with Crippen molar-refractivity contribution in [1.29, 1.82) is 0 Å². The lowest BCUT2D eigenvalue weighted by atomic mass is 9.80. The Hall–Kier alpha value is -0.650. The van der Waals surface area contributed by atoms with Gasteiger partial charge in [0.1, 0.15) is 0 Å². The topological polar surface area (TPSA) is 37.4 Å². The van der Waals surface area contributed by atoms with Crippen molar-refractivity contribution in [3.05, 3.63) is 10.6 Å². The maximum atomic E-state index is 5.30. The van der Waals surface area contributed by atoms with Gasteiger partial charge in [0.25, 0.3) is 0 Å². The highest BCUT2D eigenvalue weighted by molar-refractivity contribution is 7.15. The summed E-state index contributed by atoms with van der Waals surface area (Å²) in [6.45, 7) is 13.9. The second-order valence-corrected chi connectivity index (χ2v) is 7.94. The summed E-state index contributed by atoms with van der Waals surface area (Å²) in [7, 11) is 1.74. The van der Waals surface area contributed by atoms with E-state index >= 15 is 0 Å². The van der Waals surface area contributed by atoms with E-state index in [0.29, 0.717) is 12.0 Å². The molecule has 1 aliphatic heterocycles. The zero-order valence-corrected chi connectivity index (χ0v) is 14.8. The van der Waals surface area contributed by atoms with Crippen LogP contribution in [0.3, 0.4) is 0 Å². The van der Waals surface area contributed by atoms with Gasteiger partial charge in [-0.15, -0.1) is 11.3 Å². The van der Waals surface area contributed by atoms with Crippen molar-refractivity contribution in [2.24, 2.45) is 11.3 Å². The maximum Gasteiger partial charge on any atom is 0.185 e. The monoisotopic (exact) mass is 311 g/mol. The molecule has 1 N–H and O–H groups in total. The third-order valence-electron chi connectivity index (χ3n) is 4.27. The molecular formula is C16H29N3OS. The fourth-order valence-corrected chi connectivity index (χ4v) is 3.84. The molecule has 1 fully saturated rings. The van der Waals surface area contributed by atoms with Crippen molar-refractivity contribution in [3.63, 3.8) is 0 Å². The molecule has 0 amide bonds. The average Bonchev–Trinajstić information content (AvgIpc) is 3.02. The molecule has 2 rings (SSSR count). The molecule has 120 valence electrons. The first-order valence-electron chi connectivity index (χ1n) is 7.88. The second kappa shape index (κ2) is 7.07. The van der Waals surface area contributed by atoms with E-state index < -0.39 is 0 Å². The van der Waals surface area contributed by atoms with E-state index in [-0.39, 0.29) is 0 Å². The molecule has 0 bridgehead atoms. The number of nitrogens with zero attached hydrogens (tertiary/aromatic N) is 2. The molecule has 1 atom stereocenters. The van der Waals surface area contributed by atoms with Gasteiger partial charge >= 0.3 is 0 Å². The standard InChI is InChI=1S/C16H29N3OS/c1-6-17-9-14-13(11-20-5)18-15(21-14)19-8-7-12(10-19)16(2,3)4/h12,17H,6-11H2,1-5H3. The molecule has 1 saturated heterocycles. The first kappa shape index (κ1) is 16.7. The van der Waals surface area contributed by atoms with Crippen LogP contribution in [0.5, 0.6) is 0 Å². The highest BCUT2D eigenvalue weighted by Crippen LogP contribution is 2.37. The number of aromatic nitrogens is 1. The van der Waals surface area contributed by atoms with Crippen molar-refractivity contribution in [3.8, 4) is 0 Å². The van der Waals surface area contributed by atoms with E-state index in [9.17, 15) is 0 Å².